The second-order valence-corrected chi connectivity index (χ2v) is 10.2. The quantitative estimate of drug-likeness (QED) is 0.221. The van der Waals surface area contributed by atoms with Gasteiger partial charge in [-0.3, -0.25) is 9.11 Å². The summed E-state index contributed by atoms with van der Waals surface area (Å²) < 4.78 is 72.6. The fourth-order valence-electron chi connectivity index (χ4n) is 3.40. The molecular weight excluding hydrogens is 486 g/mol. The van der Waals surface area contributed by atoms with Crippen LogP contribution < -0.4 is 4.74 Å². The minimum atomic E-state index is -5.00. The number of hydrogen-bond acceptors (Lipinski definition) is 5. The average molecular weight is 517 g/mol. The van der Waals surface area contributed by atoms with E-state index < -0.39 is 30.0 Å². The number of rotatable bonds is 13. The average Bonchev–Trinajstić information content (AvgIpc) is 2.69. The summed E-state index contributed by atoms with van der Waals surface area (Å²) in [6.45, 7) is 2.17. The molecule has 0 aliphatic heterocycles. The van der Waals surface area contributed by atoms with Crippen LogP contribution in [0.1, 0.15) is 63.9 Å². The number of unbranched alkanes of at least 4 members (excludes halogenated alkanes) is 7. The summed E-state index contributed by atoms with van der Waals surface area (Å²) in [6.07, 6.45) is 9.13. The molecule has 2 radical (unpaired) electrons. The molecule has 0 bridgehead atoms. The van der Waals surface area contributed by atoms with Crippen molar-refractivity contribution in [2.24, 2.45) is 0 Å². The van der Waals surface area contributed by atoms with Crippen molar-refractivity contribution in [2.45, 2.75) is 74.5 Å². The van der Waals surface area contributed by atoms with Gasteiger partial charge in [-0.25, -0.2) is 0 Å². The van der Waals surface area contributed by atoms with Crippen LogP contribution in [-0.2, 0) is 26.7 Å². The second-order valence-electron chi connectivity index (χ2n) is 7.47. The van der Waals surface area contributed by atoms with Crippen LogP contribution in [-0.4, -0.2) is 85.1 Å². The number of ether oxygens (including phenoxy) is 1. The number of hydrogen-bond donors (Lipinski definition) is 2. The Labute approximate surface area is 241 Å². The summed E-state index contributed by atoms with van der Waals surface area (Å²) in [5, 5.41) is 0. The molecule has 0 heterocycles. The van der Waals surface area contributed by atoms with Crippen molar-refractivity contribution < 1.29 is 30.7 Å². The SMILES string of the molecule is CCCCCCCCCCc1ccc(S(=O)(=O)O)c(S(=O)(=O)O)c1Oc1ccccc1.[Na].[Na]. The number of para-hydroxylation sites is 1. The van der Waals surface area contributed by atoms with E-state index in [9.17, 15) is 25.9 Å². The van der Waals surface area contributed by atoms with Gasteiger partial charge in [0.05, 0.1) is 0 Å². The van der Waals surface area contributed by atoms with E-state index in [1.165, 1.54) is 31.7 Å². The fourth-order valence-corrected chi connectivity index (χ4v) is 5.33. The molecule has 0 unspecified atom stereocenters. The van der Waals surface area contributed by atoms with Gasteiger partial charge < -0.3 is 4.74 Å². The van der Waals surface area contributed by atoms with E-state index in [0.717, 1.165) is 31.7 Å². The van der Waals surface area contributed by atoms with Crippen molar-refractivity contribution in [2.75, 3.05) is 0 Å². The first-order valence-electron chi connectivity index (χ1n) is 10.5. The molecule has 0 aliphatic rings. The Morgan fingerprint density at radius 3 is 1.79 bits per heavy atom. The van der Waals surface area contributed by atoms with Crippen molar-refractivity contribution in [1.82, 2.24) is 0 Å². The fraction of sp³-hybridized carbons (Fsp3) is 0.455. The topological polar surface area (TPSA) is 118 Å². The summed E-state index contributed by atoms with van der Waals surface area (Å²) in [7, 11) is -9.91. The van der Waals surface area contributed by atoms with Gasteiger partial charge in [-0.05, 0) is 36.6 Å². The summed E-state index contributed by atoms with van der Waals surface area (Å²) >= 11 is 0. The Morgan fingerprint density at radius 2 is 1.27 bits per heavy atom. The van der Waals surface area contributed by atoms with Crippen LogP contribution in [0.2, 0.25) is 0 Å². The van der Waals surface area contributed by atoms with Crippen molar-refractivity contribution in [3.63, 3.8) is 0 Å². The maximum absolute atomic E-state index is 12.1. The molecule has 174 valence electrons. The minimum Gasteiger partial charge on any atom is -0.456 e. The molecule has 0 aromatic heterocycles. The standard InChI is InChI=1S/C22H30O7S2.2Na/c1-2-3-4-5-6-7-8-10-13-18-16-17-20(30(23,24)25)22(31(26,27)28)21(18)29-19-14-11-9-12-15-19;;/h9,11-12,14-17H,2-8,10,13H2,1H3,(H,23,24,25)(H,26,27,28);;. The third-order valence-electron chi connectivity index (χ3n) is 4.96. The smallest absolute Gasteiger partial charge is 0.299 e. The summed E-state index contributed by atoms with van der Waals surface area (Å²) in [5.74, 6) is -0.0103. The molecule has 11 heteroatoms. The molecule has 2 aromatic carbocycles. The third-order valence-corrected chi connectivity index (χ3v) is 6.90. The first-order valence-corrected chi connectivity index (χ1v) is 13.4. The number of benzene rings is 2. The van der Waals surface area contributed by atoms with E-state index in [0.29, 0.717) is 12.0 Å². The van der Waals surface area contributed by atoms with E-state index in [1.54, 1.807) is 30.3 Å². The molecule has 0 amide bonds. The van der Waals surface area contributed by atoms with Gasteiger partial charge in [-0.1, -0.05) is 76.1 Å². The Kier molecular flexibility index (Phi) is 16.0. The first-order chi connectivity index (χ1) is 14.6. The monoisotopic (exact) mass is 516 g/mol. The zero-order valence-corrected chi connectivity index (χ0v) is 25.3. The Balaban J connectivity index is 0.00000512. The second kappa shape index (κ2) is 15.9. The molecule has 33 heavy (non-hydrogen) atoms. The van der Waals surface area contributed by atoms with E-state index in [4.69, 9.17) is 4.74 Å². The van der Waals surface area contributed by atoms with Crippen molar-refractivity contribution >= 4 is 79.4 Å². The van der Waals surface area contributed by atoms with E-state index in [2.05, 4.69) is 6.92 Å². The largest absolute Gasteiger partial charge is 0.456 e. The van der Waals surface area contributed by atoms with E-state index in [1.807, 2.05) is 0 Å². The molecular formula is C22H30Na2O7S2. The van der Waals surface area contributed by atoms with Gasteiger partial charge in [0.25, 0.3) is 20.2 Å². The van der Waals surface area contributed by atoms with Gasteiger partial charge in [-0.15, -0.1) is 0 Å². The van der Waals surface area contributed by atoms with E-state index >= 15 is 0 Å². The predicted molar refractivity (Wildman–Crippen MR) is 130 cm³/mol. The molecule has 2 aromatic rings. The van der Waals surface area contributed by atoms with Gasteiger partial charge >= 0.3 is 0 Å². The number of aryl methyl sites for hydroxylation is 1. The first kappa shape index (κ1) is 33.1. The van der Waals surface area contributed by atoms with Gasteiger partial charge in [-0.2, -0.15) is 16.8 Å². The molecule has 2 rings (SSSR count). The summed E-state index contributed by atoms with van der Waals surface area (Å²) in [5.41, 5.74) is 0.440. The predicted octanol–water partition coefficient (Wildman–Crippen LogP) is 4.89. The van der Waals surface area contributed by atoms with Crippen LogP contribution in [0, 0.1) is 0 Å². The van der Waals surface area contributed by atoms with Gasteiger partial charge in [0.15, 0.2) is 10.6 Å². The molecule has 0 spiro atoms. The van der Waals surface area contributed by atoms with Crippen LogP contribution >= 0.6 is 0 Å². The summed E-state index contributed by atoms with van der Waals surface area (Å²) in [4.78, 5) is -1.86. The Bertz CT molecular complexity index is 1060. The van der Waals surface area contributed by atoms with Gasteiger partial charge in [0.2, 0.25) is 0 Å². The molecule has 0 aliphatic carbocycles. The zero-order chi connectivity index (χ0) is 22.9. The maximum Gasteiger partial charge on any atom is 0.299 e. The van der Waals surface area contributed by atoms with Crippen LogP contribution in [0.3, 0.4) is 0 Å². The van der Waals surface area contributed by atoms with Crippen LogP contribution in [0.15, 0.2) is 52.3 Å². The molecule has 2 N–H and O–H groups in total. The van der Waals surface area contributed by atoms with Crippen LogP contribution in [0.25, 0.3) is 0 Å². The summed E-state index contributed by atoms with van der Waals surface area (Å²) in [6, 6.07) is 10.6. The van der Waals surface area contributed by atoms with Crippen LogP contribution in [0.4, 0.5) is 0 Å². The molecule has 0 fully saturated rings. The Morgan fingerprint density at radius 1 is 0.727 bits per heavy atom. The molecule has 7 nitrogen and oxygen atoms in total. The van der Waals surface area contributed by atoms with Gasteiger partial charge in [0, 0.05) is 59.1 Å². The Hall–Kier alpha value is 0.0600. The molecule has 0 saturated carbocycles. The van der Waals surface area contributed by atoms with Crippen molar-refractivity contribution in [3.05, 3.63) is 48.0 Å². The molecule has 0 atom stereocenters. The van der Waals surface area contributed by atoms with Gasteiger partial charge in [0.1, 0.15) is 10.6 Å². The third kappa shape index (κ3) is 11.1. The normalized spacial score (nSPS) is 11.4. The van der Waals surface area contributed by atoms with Crippen LogP contribution in [0.5, 0.6) is 11.5 Å². The van der Waals surface area contributed by atoms with Crippen molar-refractivity contribution in [3.8, 4) is 11.5 Å². The minimum absolute atomic E-state index is 0. The van der Waals surface area contributed by atoms with E-state index in [-0.39, 0.29) is 70.6 Å². The maximum atomic E-state index is 12.1. The molecule has 0 saturated heterocycles. The zero-order valence-electron chi connectivity index (χ0n) is 19.7. The van der Waals surface area contributed by atoms with Crippen molar-refractivity contribution in [1.29, 1.82) is 0 Å².